The Morgan fingerprint density at radius 1 is 1.30 bits per heavy atom. The number of thioether (sulfide) groups is 1. The first-order valence-corrected chi connectivity index (χ1v) is 7.87. The molecule has 0 aromatic heterocycles. The van der Waals surface area contributed by atoms with E-state index >= 15 is 0 Å². The van der Waals surface area contributed by atoms with Crippen LogP contribution in [0.2, 0.25) is 0 Å². The number of carbonyl (C=O) groups excluding carboxylic acids is 1. The van der Waals surface area contributed by atoms with Gasteiger partial charge in [0, 0.05) is 20.7 Å². The number of benzene rings is 2. The molecule has 2 aromatic rings. The van der Waals surface area contributed by atoms with Gasteiger partial charge in [-0.25, -0.2) is 0 Å². The van der Waals surface area contributed by atoms with E-state index in [1.807, 2.05) is 43.3 Å². The van der Waals surface area contributed by atoms with Crippen LogP contribution in [0, 0.1) is 6.92 Å². The Kier molecular flexibility index (Phi) is 5.09. The summed E-state index contributed by atoms with van der Waals surface area (Å²) in [4.78, 5) is 13.0. The molecule has 104 valence electrons. The highest BCUT2D eigenvalue weighted by Gasteiger charge is 2.06. The van der Waals surface area contributed by atoms with Crippen LogP contribution < -0.4 is 11.1 Å². The second-order valence-electron chi connectivity index (χ2n) is 4.34. The van der Waals surface area contributed by atoms with Gasteiger partial charge in [0.1, 0.15) is 0 Å². The minimum atomic E-state index is -0.0472. The smallest absolute Gasteiger partial charge is 0.234 e. The summed E-state index contributed by atoms with van der Waals surface area (Å²) in [6.07, 6.45) is 0. The fourth-order valence-electron chi connectivity index (χ4n) is 1.62. The van der Waals surface area contributed by atoms with Gasteiger partial charge < -0.3 is 11.1 Å². The number of nitrogen functional groups attached to an aromatic ring is 1. The predicted octanol–water partition coefficient (Wildman–Crippen LogP) is 4.07. The third-order valence-corrected chi connectivity index (χ3v) is 4.79. The predicted molar refractivity (Wildman–Crippen MR) is 89.1 cm³/mol. The third-order valence-electron chi connectivity index (χ3n) is 2.76. The van der Waals surface area contributed by atoms with Crippen LogP contribution in [0.15, 0.2) is 51.8 Å². The first-order chi connectivity index (χ1) is 9.56. The van der Waals surface area contributed by atoms with Crippen molar-refractivity contribution >= 4 is 45.0 Å². The van der Waals surface area contributed by atoms with Gasteiger partial charge in [0.15, 0.2) is 0 Å². The zero-order valence-corrected chi connectivity index (χ0v) is 13.4. The van der Waals surface area contributed by atoms with Crippen LogP contribution >= 0.6 is 27.7 Å². The molecule has 0 unspecified atom stereocenters. The molecule has 0 aliphatic heterocycles. The Morgan fingerprint density at radius 2 is 2.05 bits per heavy atom. The zero-order chi connectivity index (χ0) is 14.5. The quantitative estimate of drug-likeness (QED) is 0.645. The number of nitrogens with one attached hydrogen (secondary N) is 1. The van der Waals surface area contributed by atoms with Crippen LogP contribution in [0.1, 0.15) is 5.56 Å². The van der Waals surface area contributed by atoms with E-state index in [-0.39, 0.29) is 5.91 Å². The molecule has 0 bridgehead atoms. The third kappa shape index (κ3) is 4.02. The number of rotatable bonds is 4. The summed E-state index contributed by atoms with van der Waals surface area (Å²) in [5.41, 5.74) is 8.23. The second-order valence-corrected chi connectivity index (χ2v) is 6.21. The standard InChI is InChI=1S/C15H15BrN2OS/c1-10-6-7-11(8-13(10)17)18-15(19)9-20-14-5-3-2-4-12(14)16/h2-8H,9,17H2,1H3,(H,18,19). The molecule has 0 heterocycles. The van der Waals surface area contributed by atoms with Crippen molar-refractivity contribution in [2.24, 2.45) is 0 Å². The molecule has 20 heavy (non-hydrogen) atoms. The second kappa shape index (κ2) is 6.81. The van der Waals surface area contributed by atoms with E-state index in [4.69, 9.17) is 5.73 Å². The minimum absolute atomic E-state index is 0.0472. The Labute approximate surface area is 131 Å². The molecule has 3 nitrogen and oxygen atoms in total. The average molecular weight is 351 g/mol. The lowest BCUT2D eigenvalue weighted by Crippen LogP contribution is -2.14. The SMILES string of the molecule is Cc1ccc(NC(=O)CSc2ccccc2Br)cc1N. The Hall–Kier alpha value is -1.46. The highest BCUT2D eigenvalue weighted by Crippen LogP contribution is 2.27. The highest BCUT2D eigenvalue weighted by atomic mass is 79.9. The fourth-order valence-corrected chi connectivity index (χ4v) is 2.99. The van der Waals surface area contributed by atoms with Gasteiger partial charge in [-0.2, -0.15) is 0 Å². The number of hydrogen-bond donors (Lipinski definition) is 2. The molecule has 0 aliphatic carbocycles. The van der Waals surface area contributed by atoms with Crippen molar-refractivity contribution in [3.05, 3.63) is 52.5 Å². The number of nitrogens with two attached hydrogens (primary N) is 1. The van der Waals surface area contributed by atoms with Crippen molar-refractivity contribution in [2.45, 2.75) is 11.8 Å². The summed E-state index contributed by atoms with van der Waals surface area (Å²) >= 11 is 4.95. The Balaban J connectivity index is 1.93. The monoisotopic (exact) mass is 350 g/mol. The molecule has 2 rings (SSSR count). The van der Waals surface area contributed by atoms with E-state index in [0.29, 0.717) is 11.4 Å². The Bertz CT molecular complexity index is 631. The van der Waals surface area contributed by atoms with Crippen molar-refractivity contribution < 1.29 is 4.79 Å². The maximum atomic E-state index is 11.9. The maximum Gasteiger partial charge on any atom is 0.234 e. The zero-order valence-electron chi connectivity index (χ0n) is 11.0. The molecule has 0 radical (unpaired) electrons. The first-order valence-electron chi connectivity index (χ1n) is 6.09. The van der Waals surface area contributed by atoms with E-state index in [0.717, 1.165) is 20.6 Å². The fraction of sp³-hybridized carbons (Fsp3) is 0.133. The summed E-state index contributed by atoms with van der Waals surface area (Å²) < 4.78 is 0.998. The van der Waals surface area contributed by atoms with Gasteiger partial charge in [-0.05, 0) is 52.7 Å². The number of halogens is 1. The topological polar surface area (TPSA) is 55.1 Å². The first kappa shape index (κ1) is 14.9. The van der Waals surface area contributed by atoms with Crippen LogP contribution in [-0.2, 0) is 4.79 Å². The van der Waals surface area contributed by atoms with Gasteiger partial charge in [-0.1, -0.05) is 18.2 Å². The van der Waals surface area contributed by atoms with Gasteiger partial charge in [0.25, 0.3) is 0 Å². The molecule has 0 atom stereocenters. The number of aryl methyl sites for hydroxylation is 1. The molecule has 0 saturated heterocycles. The van der Waals surface area contributed by atoms with Crippen molar-refractivity contribution in [3.8, 4) is 0 Å². The highest BCUT2D eigenvalue weighted by molar-refractivity contribution is 9.10. The lowest BCUT2D eigenvalue weighted by molar-refractivity contribution is -0.113. The van der Waals surface area contributed by atoms with Crippen LogP contribution in [0.25, 0.3) is 0 Å². The molecular weight excluding hydrogens is 336 g/mol. The van der Waals surface area contributed by atoms with Gasteiger partial charge in [-0.3, -0.25) is 4.79 Å². The number of carbonyl (C=O) groups is 1. The average Bonchev–Trinajstić information content (AvgIpc) is 2.42. The van der Waals surface area contributed by atoms with E-state index in [1.54, 1.807) is 6.07 Å². The molecular formula is C15H15BrN2OS. The summed E-state index contributed by atoms with van der Waals surface area (Å²) in [7, 11) is 0. The minimum Gasteiger partial charge on any atom is -0.398 e. The Morgan fingerprint density at radius 3 is 2.75 bits per heavy atom. The van der Waals surface area contributed by atoms with Crippen molar-refractivity contribution in [3.63, 3.8) is 0 Å². The lowest BCUT2D eigenvalue weighted by atomic mass is 10.2. The summed E-state index contributed by atoms with van der Waals surface area (Å²) in [5, 5.41) is 2.84. The van der Waals surface area contributed by atoms with Gasteiger partial charge in [0.2, 0.25) is 5.91 Å². The number of anilines is 2. The molecule has 0 aliphatic rings. The van der Waals surface area contributed by atoms with E-state index in [2.05, 4.69) is 21.2 Å². The largest absolute Gasteiger partial charge is 0.398 e. The van der Waals surface area contributed by atoms with Crippen molar-refractivity contribution in [2.75, 3.05) is 16.8 Å². The van der Waals surface area contributed by atoms with Crippen molar-refractivity contribution in [1.82, 2.24) is 0 Å². The van der Waals surface area contributed by atoms with Gasteiger partial charge >= 0.3 is 0 Å². The molecule has 5 heteroatoms. The molecule has 0 spiro atoms. The van der Waals surface area contributed by atoms with Crippen LogP contribution in [0.3, 0.4) is 0 Å². The van der Waals surface area contributed by atoms with Crippen LogP contribution in [-0.4, -0.2) is 11.7 Å². The van der Waals surface area contributed by atoms with Gasteiger partial charge in [-0.15, -0.1) is 11.8 Å². The molecule has 0 fully saturated rings. The summed E-state index contributed by atoms with van der Waals surface area (Å²) in [6.45, 7) is 1.93. The lowest BCUT2D eigenvalue weighted by Gasteiger charge is -2.08. The van der Waals surface area contributed by atoms with Gasteiger partial charge in [0.05, 0.1) is 5.75 Å². The number of hydrogen-bond acceptors (Lipinski definition) is 3. The van der Waals surface area contributed by atoms with E-state index < -0.39 is 0 Å². The van der Waals surface area contributed by atoms with E-state index in [1.165, 1.54) is 11.8 Å². The summed E-state index contributed by atoms with van der Waals surface area (Å²) in [5.74, 6) is 0.310. The molecule has 1 amide bonds. The van der Waals surface area contributed by atoms with Crippen LogP contribution in [0.5, 0.6) is 0 Å². The molecule has 3 N–H and O–H groups in total. The van der Waals surface area contributed by atoms with Crippen LogP contribution in [0.4, 0.5) is 11.4 Å². The summed E-state index contributed by atoms with van der Waals surface area (Å²) in [6, 6.07) is 13.4. The number of amides is 1. The van der Waals surface area contributed by atoms with Crippen molar-refractivity contribution in [1.29, 1.82) is 0 Å². The maximum absolute atomic E-state index is 11.9. The molecule has 0 saturated carbocycles. The van der Waals surface area contributed by atoms with E-state index in [9.17, 15) is 4.79 Å². The normalized spacial score (nSPS) is 10.3. The molecule has 2 aromatic carbocycles.